The van der Waals surface area contributed by atoms with Crippen molar-refractivity contribution in [3.63, 3.8) is 0 Å². The number of H-pyrrole nitrogens is 1. The number of aromatic amines is 1. The van der Waals surface area contributed by atoms with Gasteiger partial charge in [-0.2, -0.15) is 0 Å². The van der Waals surface area contributed by atoms with Gasteiger partial charge in [0, 0.05) is 29.9 Å². The number of rotatable bonds is 6. The number of para-hydroxylation sites is 1. The lowest BCUT2D eigenvalue weighted by Crippen LogP contribution is -2.52. The van der Waals surface area contributed by atoms with Gasteiger partial charge in [-0.1, -0.05) is 18.2 Å². The Bertz CT molecular complexity index is 721. The lowest BCUT2D eigenvalue weighted by atomic mass is 9.87. The Kier molecular flexibility index (Phi) is 3.77. The van der Waals surface area contributed by atoms with Crippen LogP contribution in [0.15, 0.2) is 30.5 Å². The van der Waals surface area contributed by atoms with Crippen LogP contribution in [0.2, 0.25) is 0 Å². The van der Waals surface area contributed by atoms with Gasteiger partial charge in [0.05, 0.1) is 0 Å². The monoisotopic (exact) mass is 290 g/mol. The van der Waals surface area contributed by atoms with E-state index in [2.05, 4.69) is 4.98 Å². The molecule has 1 heterocycles. The minimum Gasteiger partial charge on any atom is -0.480 e. The normalized spacial score (nSPS) is 13.8. The highest BCUT2D eigenvalue weighted by Gasteiger charge is 2.38. The van der Waals surface area contributed by atoms with E-state index in [-0.39, 0.29) is 6.42 Å². The molecule has 2 aromatic rings. The number of aromatic nitrogens is 1. The lowest BCUT2D eigenvalue weighted by Gasteiger charge is -2.23. The van der Waals surface area contributed by atoms with Crippen LogP contribution < -0.4 is 5.73 Å². The van der Waals surface area contributed by atoms with Gasteiger partial charge in [-0.05, 0) is 11.6 Å². The van der Waals surface area contributed by atoms with Crippen LogP contribution in [0, 0.1) is 0 Å². The third-order valence-electron chi connectivity index (χ3n) is 3.32. The number of carbonyl (C=O) groups excluding carboxylic acids is 1. The van der Waals surface area contributed by atoms with Crippen molar-refractivity contribution < 1.29 is 24.6 Å². The summed E-state index contributed by atoms with van der Waals surface area (Å²) >= 11 is 0. The smallest absolute Gasteiger partial charge is 0.372 e. The molecular formula is C14H14N2O5. The van der Waals surface area contributed by atoms with Gasteiger partial charge in [0.2, 0.25) is 5.78 Å². The second kappa shape index (κ2) is 5.37. The van der Waals surface area contributed by atoms with Gasteiger partial charge >= 0.3 is 11.9 Å². The van der Waals surface area contributed by atoms with Gasteiger partial charge < -0.3 is 20.9 Å². The zero-order valence-corrected chi connectivity index (χ0v) is 11.0. The van der Waals surface area contributed by atoms with E-state index in [4.69, 9.17) is 10.8 Å². The van der Waals surface area contributed by atoms with Crippen LogP contribution in [0.3, 0.4) is 0 Å². The number of aliphatic carboxylic acids is 2. The molecule has 0 aliphatic carbocycles. The molecule has 21 heavy (non-hydrogen) atoms. The van der Waals surface area contributed by atoms with Crippen molar-refractivity contribution in [3.05, 3.63) is 36.0 Å². The number of fused-ring (bicyclic) bond motifs is 1. The Hall–Kier alpha value is -2.67. The molecule has 7 heteroatoms. The Balaban J connectivity index is 2.34. The van der Waals surface area contributed by atoms with Crippen LogP contribution in [-0.2, 0) is 20.8 Å². The van der Waals surface area contributed by atoms with Crippen molar-refractivity contribution >= 4 is 28.6 Å². The molecule has 0 saturated heterocycles. The maximum Gasteiger partial charge on any atom is 0.372 e. The second-order valence-electron chi connectivity index (χ2n) is 4.90. The summed E-state index contributed by atoms with van der Waals surface area (Å²) in [7, 11) is 0. The zero-order chi connectivity index (χ0) is 15.6. The first-order valence-electron chi connectivity index (χ1n) is 6.17. The summed E-state index contributed by atoms with van der Waals surface area (Å²) in [4.78, 5) is 36.3. The molecule has 0 radical (unpaired) electrons. The first kappa shape index (κ1) is 14.7. The van der Waals surface area contributed by atoms with E-state index >= 15 is 0 Å². The van der Waals surface area contributed by atoms with Gasteiger partial charge in [0.15, 0.2) is 0 Å². The van der Waals surface area contributed by atoms with Crippen LogP contribution in [0.5, 0.6) is 0 Å². The molecule has 0 unspecified atom stereocenters. The maximum absolute atomic E-state index is 11.4. The molecule has 7 nitrogen and oxygen atoms in total. The average molecular weight is 290 g/mol. The summed E-state index contributed by atoms with van der Waals surface area (Å²) in [6.45, 7) is 0. The maximum atomic E-state index is 11.4. The number of nitrogens with one attached hydrogen (secondary N) is 1. The number of hydrogen-bond acceptors (Lipinski definition) is 4. The number of hydrogen-bond donors (Lipinski definition) is 4. The SMILES string of the molecule is N[C@](CC(=O)C(=O)O)(Cc1c[nH]c2ccccc12)C(=O)O. The van der Waals surface area contributed by atoms with E-state index in [1.807, 2.05) is 12.1 Å². The predicted molar refractivity (Wildman–Crippen MR) is 73.8 cm³/mol. The highest BCUT2D eigenvalue weighted by Crippen LogP contribution is 2.23. The molecule has 0 aliphatic heterocycles. The summed E-state index contributed by atoms with van der Waals surface area (Å²) in [6, 6.07) is 7.23. The predicted octanol–water partition coefficient (Wildman–Crippen LogP) is 0.536. The topological polar surface area (TPSA) is 133 Å². The molecule has 0 amide bonds. The summed E-state index contributed by atoms with van der Waals surface area (Å²) in [5, 5.41) is 18.7. The summed E-state index contributed by atoms with van der Waals surface area (Å²) in [5.41, 5.74) is 5.24. The lowest BCUT2D eigenvalue weighted by molar-refractivity contribution is -0.152. The van der Waals surface area contributed by atoms with E-state index in [1.54, 1.807) is 18.3 Å². The number of carboxylic acid groups (broad SMARTS) is 2. The molecule has 0 spiro atoms. The van der Waals surface area contributed by atoms with E-state index in [0.29, 0.717) is 5.56 Å². The van der Waals surface area contributed by atoms with Crippen LogP contribution in [0.4, 0.5) is 0 Å². The van der Waals surface area contributed by atoms with E-state index in [9.17, 15) is 19.5 Å². The number of nitrogens with two attached hydrogens (primary N) is 1. The minimum atomic E-state index is -1.96. The summed E-state index contributed by atoms with van der Waals surface area (Å²) in [6.07, 6.45) is 0.697. The zero-order valence-electron chi connectivity index (χ0n) is 11.0. The second-order valence-corrected chi connectivity index (χ2v) is 4.90. The average Bonchev–Trinajstić information content (AvgIpc) is 2.81. The van der Waals surface area contributed by atoms with Gasteiger partial charge in [-0.25, -0.2) is 4.79 Å². The van der Waals surface area contributed by atoms with Crippen LogP contribution in [0.1, 0.15) is 12.0 Å². The molecule has 0 aliphatic rings. The van der Waals surface area contributed by atoms with Crippen LogP contribution in [0.25, 0.3) is 10.9 Å². The van der Waals surface area contributed by atoms with Gasteiger partial charge in [-0.3, -0.25) is 9.59 Å². The number of ketones is 1. The van der Waals surface area contributed by atoms with Crippen molar-refractivity contribution in [1.29, 1.82) is 0 Å². The van der Waals surface area contributed by atoms with Crippen molar-refractivity contribution in [2.24, 2.45) is 5.73 Å². The van der Waals surface area contributed by atoms with Crippen molar-refractivity contribution in [3.8, 4) is 0 Å². The van der Waals surface area contributed by atoms with Crippen molar-refractivity contribution in [2.45, 2.75) is 18.4 Å². The molecule has 2 rings (SSSR count). The molecule has 1 aromatic carbocycles. The Labute approximate surface area is 119 Å². The Morgan fingerprint density at radius 3 is 2.48 bits per heavy atom. The fourth-order valence-electron chi connectivity index (χ4n) is 2.19. The van der Waals surface area contributed by atoms with Crippen LogP contribution in [-0.4, -0.2) is 38.5 Å². The first-order chi connectivity index (χ1) is 9.83. The van der Waals surface area contributed by atoms with Crippen molar-refractivity contribution in [2.75, 3.05) is 0 Å². The van der Waals surface area contributed by atoms with Gasteiger partial charge in [-0.15, -0.1) is 0 Å². The van der Waals surface area contributed by atoms with Gasteiger partial charge in [0.25, 0.3) is 0 Å². The largest absolute Gasteiger partial charge is 0.480 e. The molecule has 0 saturated carbocycles. The highest BCUT2D eigenvalue weighted by molar-refractivity contribution is 6.33. The number of Topliss-reactive ketones (excluding diaryl/α,β-unsaturated/α-hetero) is 1. The molecule has 0 fully saturated rings. The minimum absolute atomic E-state index is 0.147. The van der Waals surface area contributed by atoms with E-state index in [0.717, 1.165) is 10.9 Å². The first-order valence-corrected chi connectivity index (χ1v) is 6.17. The van der Waals surface area contributed by atoms with E-state index < -0.39 is 29.7 Å². The van der Waals surface area contributed by atoms with E-state index in [1.165, 1.54) is 0 Å². The number of carbonyl (C=O) groups is 3. The Morgan fingerprint density at radius 2 is 1.86 bits per heavy atom. The summed E-state index contributed by atoms with van der Waals surface area (Å²) in [5.74, 6) is -4.33. The Morgan fingerprint density at radius 1 is 1.19 bits per heavy atom. The number of carboxylic acids is 2. The third kappa shape index (κ3) is 2.92. The quantitative estimate of drug-likeness (QED) is 0.574. The molecule has 1 aromatic heterocycles. The summed E-state index contributed by atoms with van der Waals surface area (Å²) < 4.78 is 0. The standard InChI is InChI=1S/C14H14N2O5/c15-14(13(20)21,6-11(17)12(18)19)5-8-7-16-10-4-2-1-3-9(8)10/h1-4,7,16H,5-6,15H2,(H,18,19)(H,20,21)/t14-/m0/s1. The number of benzene rings is 1. The fraction of sp³-hybridized carbons (Fsp3) is 0.214. The highest BCUT2D eigenvalue weighted by atomic mass is 16.4. The third-order valence-corrected chi connectivity index (χ3v) is 3.32. The van der Waals surface area contributed by atoms with Gasteiger partial charge in [0.1, 0.15) is 5.54 Å². The van der Waals surface area contributed by atoms with Crippen LogP contribution >= 0.6 is 0 Å². The molecule has 5 N–H and O–H groups in total. The molecule has 0 bridgehead atoms. The molecule has 1 atom stereocenters. The molecular weight excluding hydrogens is 276 g/mol. The van der Waals surface area contributed by atoms with Crippen molar-refractivity contribution in [1.82, 2.24) is 4.98 Å². The molecule has 110 valence electrons. The fourth-order valence-corrected chi connectivity index (χ4v) is 2.19.